The molecule has 1 amide bonds. The number of para-hydroxylation sites is 2. The number of benzene rings is 2. The molecule has 0 aliphatic rings. The number of hydrogen-bond acceptors (Lipinski definition) is 3. The molecule has 0 spiro atoms. The number of rotatable bonds is 7. The van der Waals surface area contributed by atoms with Crippen LogP contribution in [0.1, 0.15) is 37.4 Å². The second-order valence-corrected chi connectivity index (χ2v) is 5.95. The average Bonchev–Trinajstić information content (AvgIpc) is 2.60. The number of carbonyl (C=O) groups excluding carboxylic acids is 1. The van der Waals surface area contributed by atoms with Gasteiger partial charge < -0.3 is 10.1 Å². The first-order valence-electron chi connectivity index (χ1n) is 8.31. The summed E-state index contributed by atoms with van der Waals surface area (Å²) in [4.78, 5) is 12.5. The molecule has 2 aromatic carbocycles. The summed E-state index contributed by atoms with van der Waals surface area (Å²) in [6, 6.07) is 15.7. The molecule has 2 aromatic rings. The minimum atomic E-state index is -0.318. The number of carbonyl (C=O) groups is 1. The number of methoxy groups -OCH3 is 1. The Kier molecular flexibility index (Phi) is 6.38. The van der Waals surface area contributed by atoms with Crippen LogP contribution in [0.2, 0.25) is 0 Å². The fraction of sp³-hybridized carbons (Fsp3) is 0.350. The number of ether oxygens (including phenoxy) is 1. The standard InChI is InChI=1S/C20H26N2O2/c1-5-17(16-12-10-14(2)11-13-16)21-15(3)20(23)22-18-8-6-7-9-19(18)24-4/h6-13,15,17,21H,5H2,1-4H3,(H,22,23). The third kappa shape index (κ3) is 4.59. The molecule has 2 atom stereocenters. The SMILES string of the molecule is CCC(NC(C)C(=O)Nc1ccccc1OC)c1ccc(C)cc1. The minimum absolute atomic E-state index is 0.0786. The first-order chi connectivity index (χ1) is 11.5. The van der Waals surface area contributed by atoms with Crippen molar-refractivity contribution in [2.75, 3.05) is 12.4 Å². The molecule has 24 heavy (non-hydrogen) atoms. The molecule has 0 radical (unpaired) electrons. The molecular weight excluding hydrogens is 300 g/mol. The summed E-state index contributed by atoms with van der Waals surface area (Å²) in [5.74, 6) is 0.577. The lowest BCUT2D eigenvalue weighted by Gasteiger charge is -2.22. The van der Waals surface area contributed by atoms with Gasteiger partial charge >= 0.3 is 0 Å². The fourth-order valence-corrected chi connectivity index (χ4v) is 2.61. The summed E-state index contributed by atoms with van der Waals surface area (Å²) in [6.45, 7) is 6.06. The number of anilines is 1. The maximum Gasteiger partial charge on any atom is 0.241 e. The maximum atomic E-state index is 12.5. The maximum absolute atomic E-state index is 12.5. The molecule has 0 fully saturated rings. The summed E-state index contributed by atoms with van der Waals surface area (Å²) in [5, 5.41) is 6.33. The number of amides is 1. The van der Waals surface area contributed by atoms with Crippen LogP contribution in [-0.4, -0.2) is 19.1 Å². The Morgan fingerprint density at radius 1 is 1.12 bits per heavy atom. The molecule has 0 aromatic heterocycles. The second kappa shape index (κ2) is 8.50. The zero-order chi connectivity index (χ0) is 17.5. The molecular formula is C20H26N2O2. The molecule has 0 bridgehead atoms. The van der Waals surface area contributed by atoms with Crippen molar-refractivity contribution in [3.05, 3.63) is 59.7 Å². The van der Waals surface area contributed by atoms with Crippen LogP contribution >= 0.6 is 0 Å². The van der Waals surface area contributed by atoms with E-state index in [1.54, 1.807) is 7.11 Å². The summed E-state index contributed by atoms with van der Waals surface area (Å²) in [5.41, 5.74) is 3.11. The van der Waals surface area contributed by atoms with E-state index in [2.05, 4.69) is 48.7 Å². The van der Waals surface area contributed by atoms with Gasteiger partial charge in [-0.05, 0) is 38.0 Å². The van der Waals surface area contributed by atoms with E-state index in [0.29, 0.717) is 11.4 Å². The Bertz CT molecular complexity index is 668. The lowest BCUT2D eigenvalue weighted by molar-refractivity contribution is -0.118. The normalized spacial score (nSPS) is 13.2. The van der Waals surface area contributed by atoms with Gasteiger partial charge in [0.2, 0.25) is 5.91 Å². The molecule has 4 nitrogen and oxygen atoms in total. The third-order valence-electron chi connectivity index (χ3n) is 4.10. The molecule has 0 aliphatic carbocycles. The Labute approximate surface area is 144 Å². The minimum Gasteiger partial charge on any atom is -0.495 e. The Hall–Kier alpha value is -2.33. The van der Waals surface area contributed by atoms with E-state index in [9.17, 15) is 4.79 Å². The number of nitrogens with one attached hydrogen (secondary N) is 2. The van der Waals surface area contributed by atoms with E-state index < -0.39 is 0 Å². The molecule has 4 heteroatoms. The molecule has 2 rings (SSSR count). The molecule has 0 saturated heterocycles. The molecule has 0 saturated carbocycles. The van der Waals surface area contributed by atoms with E-state index in [4.69, 9.17) is 4.74 Å². The van der Waals surface area contributed by atoms with Crippen molar-refractivity contribution in [1.29, 1.82) is 0 Å². The van der Waals surface area contributed by atoms with Gasteiger partial charge in [-0.25, -0.2) is 0 Å². The van der Waals surface area contributed by atoms with Crippen LogP contribution in [0.4, 0.5) is 5.69 Å². The zero-order valence-corrected chi connectivity index (χ0v) is 14.8. The van der Waals surface area contributed by atoms with Crippen LogP contribution in [0, 0.1) is 6.92 Å². The quantitative estimate of drug-likeness (QED) is 0.806. The highest BCUT2D eigenvalue weighted by atomic mass is 16.5. The molecule has 0 aliphatic heterocycles. The summed E-state index contributed by atoms with van der Waals surface area (Å²) < 4.78 is 5.27. The van der Waals surface area contributed by atoms with Crippen LogP contribution < -0.4 is 15.4 Å². The topological polar surface area (TPSA) is 50.4 Å². The molecule has 2 N–H and O–H groups in total. The number of aryl methyl sites for hydroxylation is 1. The van der Waals surface area contributed by atoms with E-state index in [0.717, 1.165) is 6.42 Å². The van der Waals surface area contributed by atoms with Crippen LogP contribution in [0.15, 0.2) is 48.5 Å². The van der Waals surface area contributed by atoms with Crippen molar-refractivity contribution >= 4 is 11.6 Å². The predicted molar refractivity (Wildman–Crippen MR) is 98.4 cm³/mol. The van der Waals surface area contributed by atoms with E-state index in [1.807, 2.05) is 31.2 Å². The van der Waals surface area contributed by atoms with Gasteiger partial charge in [0.15, 0.2) is 0 Å². The largest absolute Gasteiger partial charge is 0.495 e. The van der Waals surface area contributed by atoms with Crippen molar-refractivity contribution in [2.24, 2.45) is 0 Å². The molecule has 128 valence electrons. The first kappa shape index (κ1) is 18.0. The van der Waals surface area contributed by atoms with Gasteiger partial charge in [-0.15, -0.1) is 0 Å². The van der Waals surface area contributed by atoms with Crippen LogP contribution in [0.3, 0.4) is 0 Å². The number of hydrogen-bond donors (Lipinski definition) is 2. The zero-order valence-electron chi connectivity index (χ0n) is 14.8. The Balaban J connectivity index is 2.03. The lowest BCUT2D eigenvalue weighted by Crippen LogP contribution is -2.40. The van der Waals surface area contributed by atoms with E-state index >= 15 is 0 Å². The van der Waals surface area contributed by atoms with Crippen molar-refractivity contribution in [2.45, 2.75) is 39.3 Å². The van der Waals surface area contributed by atoms with Gasteiger partial charge in [-0.1, -0.05) is 48.9 Å². The third-order valence-corrected chi connectivity index (χ3v) is 4.10. The van der Waals surface area contributed by atoms with Gasteiger partial charge in [0.1, 0.15) is 5.75 Å². The van der Waals surface area contributed by atoms with Crippen molar-refractivity contribution in [1.82, 2.24) is 5.32 Å². The highest BCUT2D eigenvalue weighted by molar-refractivity contribution is 5.95. The summed E-state index contributed by atoms with van der Waals surface area (Å²) in [6.07, 6.45) is 0.912. The second-order valence-electron chi connectivity index (χ2n) is 5.95. The van der Waals surface area contributed by atoms with Crippen LogP contribution in [0.25, 0.3) is 0 Å². The van der Waals surface area contributed by atoms with Crippen molar-refractivity contribution in [3.63, 3.8) is 0 Å². The van der Waals surface area contributed by atoms with Gasteiger partial charge in [0.05, 0.1) is 18.8 Å². The highest BCUT2D eigenvalue weighted by Gasteiger charge is 2.19. The first-order valence-corrected chi connectivity index (χ1v) is 8.31. The van der Waals surface area contributed by atoms with Gasteiger partial charge in [-0.2, -0.15) is 0 Å². The smallest absolute Gasteiger partial charge is 0.241 e. The Morgan fingerprint density at radius 2 is 1.79 bits per heavy atom. The van der Waals surface area contributed by atoms with Gasteiger partial charge in [0.25, 0.3) is 0 Å². The monoisotopic (exact) mass is 326 g/mol. The van der Waals surface area contributed by atoms with Crippen LogP contribution in [0.5, 0.6) is 5.75 Å². The van der Waals surface area contributed by atoms with Crippen molar-refractivity contribution < 1.29 is 9.53 Å². The average molecular weight is 326 g/mol. The molecule has 0 heterocycles. The predicted octanol–water partition coefficient (Wildman–Crippen LogP) is 4.07. The Morgan fingerprint density at radius 3 is 2.42 bits per heavy atom. The summed E-state index contributed by atoms with van der Waals surface area (Å²) in [7, 11) is 1.59. The highest BCUT2D eigenvalue weighted by Crippen LogP contribution is 2.23. The van der Waals surface area contributed by atoms with E-state index in [-0.39, 0.29) is 18.0 Å². The van der Waals surface area contributed by atoms with E-state index in [1.165, 1.54) is 11.1 Å². The van der Waals surface area contributed by atoms with Crippen molar-refractivity contribution in [3.8, 4) is 5.75 Å². The fourth-order valence-electron chi connectivity index (χ4n) is 2.61. The summed E-state index contributed by atoms with van der Waals surface area (Å²) >= 11 is 0. The van der Waals surface area contributed by atoms with Crippen LogP contribution in [-0.2, 0) is 4.79 Å². The van der Waals surface area contributed by atoms with Gasteiger partial charge in [0, 0.05) is 6.04 Å². The van der Waals surface area contributed by atoms with Gasteiger partial charge in [-0.3, -0.25) is 10.1 Å². The molecule has 2 unspecified atom stereocenters. The lowest BCUT2D eigenvalue weighted by atomic mass is 10.0.